The number of rotatable bonds is 6. The molecule has 8 atom stereocenters. The van der Waals surface area contributed by atoms with E-state index in [-0.39, 0.29) is 54.1 Å². The van der Waals surface area contributed by atoms with Crippen LogP contribution in [0.5, 0.6) is 5.75 Å². The third-order valence-electron chi connectivity index (χ3n) is 11.0. The molecule has 0 radical (unpaired) electrons. The molecule has 1 spiro atoms. The topological polar surface area (TPSA) is 76.2 Å². The minimum atomic E-state index is -1.07. The molecule has 44 heavy (non-hydrogen) atoms. The lowest BCUT2D eigenvalue weighted by molar-refractivity contribution is -0.157. The van der Waals surface area contributed by atoms with Gasteiger partial charge in [0.1, 0.15) is 11.3 Å². The lowest BCUT2D eigenvalue weighted by Crippen LogP contribution is -2.66. The normalized spacial score (nSPS) is 34.9. The van der Waals surface area contributed by atoms with Crippen LogP contribution in [0.4, 0.5) is 5.69 Å². The molecule has 8 rings (SSSR count). The van der Waals surface area contributed by atoms with E-state index < -0.39 is 17.4 Å². The molecule has 0 N–H and O–H groups in total. The second-order valence-corrected chi connectivity index (χ2v) is 12.7. The number of amides is 1. The molecule has 6 aliphatic rings. The van der Waals surface area contributed by atoms with Gasteiger partial charge in [0.2, 0.25) is 5.91 Å². The number of esters is 1. The van der Waals surface area contributed by atoms with Crippen molar-refractivity contribution in [1.29, 1.82) is 0 Å². The third-order valence-corrected chi connectivity index (χ3v) is 11.0. The van der Waals surface area contributed by atoms with Gasteiger partial charge in [0.05, 0.1) is 31.6 Å². The molecular formula is C37H36N2O5. The number of carbonyl (C=O) groups is 3. The van der Waals surface area contributed by atoms with Crippen molar-refractivity contribution < 1.29 is 23.9 Å². The van der Waals surface area contributed by atoms with Gasteiger partial charge in [0.15, 0.2) is 5.78 Å². The number of hydrogen-bond donors (Lipinski definition) is 0. The van der Waals surface area contributed by atoms with E-state index in [1.54, 1.807) is 7.11 Å². The maximum absolute atomic E-state index is 15.0. The zero-order chi connectivity index (χ0) is 30.2. The summed E-state index contributed by atoms with van der Waals surface area (Å²) in [4.78, 5) is 47.9. The van der Waals surface area contributed by atoms with Crippen molar-refractivity contribution in [3.8, 4) is 5.75 Å². The largest absolute Gasteiger partial charge is 0.497 e. The number of ether oxygens (including phenoxy) is 2. The van der Waals surface area contributed by atoms with Gasteiger partial charge < -0.3 is 14.4 Å². The Morgan fingerprint density at radius 1 is 1.00 bits per heavy atom. The highest BCUT2D eigenvalue weighted by Gasteiger charge is 2.76. The molecule has 3 heterocycles. The Kier molecular flexibility index (Phi) is 6.31. The van der Waals surface area contributed by atoms with E-state index in [1.165, 1.54) is 0 Å². The zero-order valence-electron chi connectivity index (χ0n) is 25.0. The zero-order valence-corrected chi connectivity index (χ0v) is 25.0. The lowest BCUT2D eigenvalue weighted by atomic mass is 9.62. The molecule has 0 aromatic heterocycles. The average Bonchev–Trinajstić information content (AvgIpc) is 3.71. The number of carbonyl (C=O) groups excluding carboxylic acids is 3. The quantitative estimate of drug-likeness (QED) is 0.349. The fourth-order valence-corrected chi connectivity index (χ4v) is 9.56. The van der Waals surface area contributed by atoms with Gasteiger partial charge in [-0.2, -0.15) is 0 Å². The van der Waals surface area contributed by atoms with Crippen LogP contribution < -0.4 is 9.64 Å². The fraction of sp³-hybridized carbons (Fsp3) is 0.378. The standard InChI is InChI=1S/C37H36N2O5/c1-3-44-36(42)32-31(33-30(23-10-5-4-6-11-23)35(41)39(33)24-17-19-25(43-2)20-18-24)28-16-9-21-38(28)37(32)27-15-8-13-22-12-7-14-26(29(22)27)34(37)40/h4-8,10-15,17-20,27-33H,3,9,16,21H2,1-2H3/t27?,28?,29?,30-,31+,32+,33-,37-/m1/s1. The molecule has 2 aromatic carbocycles. The molecule has 3 aliphatic heterocycles. The minimum absolute atomic E-state index is 0.000538. The summed E-state index contributed by atoms with van der Waals surface area (Å²) in [6, 6.07) is 17.1. The summed E-state index contributed by atoms with van der Waals surface area (Å²) in [7, 11) is 1.62. The van der Waals surface area contributed by atoms with Crippen molar-refractivity contribution in [3.63, 3.8) is 0 Å². The summed E-state index contributed by atoms with van der Waals surface area (Å²) in [5.41, 5.74) is 2.53. The number of fused-ring (bicyclic) bond motifs is 3. The molecule has 4 fully saturated rings. The summed E-state index contributed by atoms with van der Waals surface area (Å²) in [6.45, 7) is 2.78. The number of allylic oxidation sites excluding steroid dienone is 6. The van der Waals surface area contributed by atoms with Gasteiger partial charge in [-0.1, -0.05) is 66.8 Å². The molecule has 0 bridgehead atoms. The predicted octanol–water partition coefficient (Wildman–Crippen LogP) is 5.01. The SMILES string of the molecule is CCOC(=O)[C@@H]1[C@@H]([C@H]2[C@@H](c3ccccc3)C(=O)N2c2ccc(OC)cc2)C2CCCN2[C@@]12C(=O)C1=CC=CC3=CC=CC2C31. The van der Waals surface area contributed by atoms with Crippen LogP contribution in [0.2, 0.25) is 0 Å². The predicted molar refractivity (Wildman–Crippen MR) is 166 cm³/mol. The van der Waals surface area contributed by atoms with Crippen molar-refractivity contribution in [2.45, 2.75) is 43.3 Å². The van der Waals surface area contributed by atoms with Crippen molar-refractivity contribution in [1.82, 2.24) is 4.90 Å². The molecule has 2 aromatic rings. The molecule has 1 saturated carbocycles. The Bertz CT molecular complexity index is 1660. The second kappa shape index (κ2) is 10.2. The Hall–Kier alpha value is -4.23. The van der Waals surface area contributed by atoms with Gasteiger partial charge in [-0.15, -0.1) is 0 Å². The maximum Gasteiger partial charge on any atom is 0.311 e. The highest BCUT2D eigenvalue weighted by molar-refractivity contribution is 6.11. The Balaban J connectivity index is 1.32. The number of benzene rings is 2. The molecule has 7 heteroatoms. The third kappa shape index (κ3) is 3.50. The van der Waals surface area contributed by atoms with Crippen LogP contribution in [0.15, 0.2) is 102 Å². The van der Waals surface area contributed by atoms with E-state index >= 15 is 0 Å². The number of ketones is 1. The highest BCUT2D eigenvalue weighted by atomic mass is 16.5. The van der Waals surface area contributed by atoms with E-state index in [4.69, 9.17) is 9.47 Å². The summed E-state index contributed by atoms with van der Waals surface area (Å²) in [5.74, 6) is -1.33. The number of β-lactam (4-membered cyclic amide) rings is 1. The number of hydrogen-bond acceptors (Lipinski definition) is 6. The van der Waals surface area contributed by atoms with E-state index in [0.717, 1.165) is 41.8 Å². The van der Waals surface area contributed by atoms with E-state index in [0.29, 0.717) is 5.75 Å². The molecule has 3 saturated heterocycles. The Morgan fingerprint density at radius 3 is 2.55 bits per heavy atom. The first-order valence-electron chi connectivity index (χ1n) is 15.8. The van der Waals surface area contributed by atoms with Gasteiger partial charge in [0, 0.05) is 35.1 Å². The number of nitrogens with zero attached hydrogens (tertiary/aromatic N) is 2. The van der Waals surface area contributed by atoms with Crippen LogP contribution in [0.1, 0.15) is 31.2 Å². The van der Waals surface area contributed by atoms with E-state index in [9.17, 15) is 14.4 Å². The first-order chi connectivity index (χ1) is 21.5. The molecule has 224 valence electrons. The average molecular weight is 589 g/mol. The lowest BCUT2D eigenvalue weighted by Gasteiger charge is -2.52. The van der Waals surface area contributed by atoms with Crippen molar-refractivity contribution in [3.05, 3.63) is 108 Å². The van der Waals surface area contributed by atoms with Crippen LogP contribution in [0.3, 0.4) is 0 Å². The van der Waals surface area contributed by atoms with Gasteiger partial charge in [0.25, 0.3) is 0 Å². The van der Waals surface area contributed by atoms with Crippen LogP contribution in [0.25, 0.3) is 0 Å². The Morgan fingerprint density at radius 2 is 1.80 bits per heavy atom. The molecule has 3 unspecified atom stereocenters. The summed E-state index contributed by atoms with van der Waals surface area (Å²) >= 11 is 0. The van der Waals surface area contributed by atoms with Crippen molar-refractivity contribution in [2.75, 3.05) is 25.2 Å². The van der Waals surface area contributed by atoms with Crippen molar-refractivity contribution >= 4 is 23.3 Å². The number of anilines is 1. The van der Waals surface area contributed by atoms with Gasteiger partial charge in [-0.3, -0.25) is 19.3 Å². The maximum atomic E-state index is 15.0. The van der Waals surface area contributed by atoms with Gasteiger partial charge in [-0.25, -0.2) is 0 Å². The number of methoxy groups -OCH3 is 1. The number of Topliss-reactive ketones (excluding diaryl/α,β-unsaturated/α-hetero) is 1. The van der Waals surface area contributed by atoms with Gasteiger partial charge >= 0.3 is 5.97 Å². The second-order valence-electron chi connectivity index (χ2n) is 12.7. The van der Waals surface area contributed by atoms with E-state index in [1.807, 2.05) is 84.6 Å². The monoisotopic (exact) mass is 588 g/mol. The van der Waals surface area contributed by atoms with Gasteiger partial charge in [-0.05, 0) is 61.7 Å². The summed E-state index contributed by atoms with van der Waals surface area (Å²) < 4.78 is 11.3. The fourth-order valence-electron chi connectivity index (χ4n) is 9.56. The smallest absolute Gasteiger partial charge is 0.311 e. The van der Waals surface area contributed by atoms with Crippen molar-refractivity contribution in [2.24, 2.45) is 23.7 Å². The van der Waals surface area contributed by atoms with E-state index in [2.05, 4.69) is 23.1 Å². The van der Waals surface area contributed by atoms with Crippen LogP contribution >= 0.6 is 0 Å². The van der Waals surface area contributed by atoms with Crippen LogP contribution in [-0.4, -0.2) is 60.4 Å². The summed E-state index contributed by atoms with van der Waals surface area (Å²) in [6.07, 6.45) is 14.1. The molecule has 1 amide bonds. The minimum Gasteiger partial charge on any atom is -0.497 e. The Labute approximate surface area is 257 Å². The first-order valence-corrected chi connectivity index (χ1v) is 15.8. The van der Waals surface area contributed by atoms with Crippen LogP contribution in [-0.2, 0) is 19.1 Å². The summed E-state index contributed by atoms with van der Waals surface area (Å²) in [5, 5.41) is 0. The highest BCUT2D eigenvalue weighted by Crippen LogP contribution is 2.64. The molecule has 3 aliphatic carbocycles. The molecule has 7 nitrogen and oxygen atoms in total. The molecular weight excluding hydrogens is 552 g/mol. The van der Waals surface area contributed by atoms with Crippen LogP contribution in [0, 0.1) is 23.7 Å². The first kappa shape index (κ1) is 27.3.